The van der Waals surface area contributed by atoms with Gasteiger partial charge in [0.05, 0.1) is 10.6 Å². The van der Waals surface area contributed by atoms with Crippen LogP contribution in [0, 0.1) is 0 Å². The number of aromatic nitrogens is 3. The van der Waals surface area contributed by atoms with Gasteiger partial charge in [-0.25, -0.2) is 4.98 Å². The van der Waals surface area contributed by atoms with Gasteiger partial charge in [-0.2, -0.15) is 5.10 Å². The van der Waals surface area contributed by atoms with Crippen molar-refractivity contribution in [1.29, 1.82) is 0 Å². The topological polar surface area (TPSA) is 69.4 Å². The van der Waals surface area contributed by atoms with Gasteiger partial charge in [0.25, 0.3) is 0 Å². The molecular weight excluding hydrogens is 326 g/mol. The summed E-state index contributed by atoms with van der Waals surface area (Å²) in [4.78, 5) is 4.17. The Bertz CT molecular complexity index is 629. The number of fused-ring (bicyclic) bond motifs is 1. The van der Waals surface area contributed by atoms with E-state index in [-0.39, 0.29) is 6.79 Å². The summed E-state index contributed by atoms with van der Waals surface area (Å²) in [6.07, 6.45) is 1.23. The van der Waals surface area contributed by atoms with Crippen molar-refractivity contribution in [1.82, 2.24) is 14.8 Å². The first-order valence-corrected chi connectivity index (χ1v) is 7.12. The third-order valence-electron chi connectivity index (χ3n) is 3.21. The van der Waals surface area contributed by atoms with Crippen LogP contribution in [0.3, 0.4) is 0 Å². The Hall–Kier alpha value is -1.60. The Morgan fingerprint density at radius 3 is 3.10 bits per heavy atom. The zero-order valence-corrected chi connectivity index (χ0v) is 12.5. The summed E-state index contributed by atoms with van der Waals surface area (Å²) in [5.41, 5.74) is 0.756. The number of aliphatic hydroxyl groups excluding tert-OH is 1. The van der Waals surface area contributed by atoms with Crippen molar-refractivity contribution in [2.75, 3.05) is 6.79 Å². The fraction of sp³-hybridized carbons (Fsp3) is 0.385. The molecule has 1 atom stereocenters. The molecule has 1 aliphatic rings. The maximum Gasteiger partial charge on any atom is 0.231 e. The Morgan fingerprint density at radius 1 is 1.45 bits per heavy atom. The van der Waals surface area contributed by atoms with Crippen LogP contribution in [0.1, 0.15) is 24.4 Å². The van der Waals surface area contributed by atoms with Gasteiger partial charge in [0.15, 0.2) is 11.5 Å². The van der Waals surface area contributed by atoms with Gasteiger partial charge in [0, 0.05) is 13.0 Å². The molecule has 2 heterocycles. The summed E-state index contributed by atoms with van der Waals surface area (Å²) in [7, 11) is 0. The van der Waals surface area contributed by atoms with E-state index in [1.54, 1.807) is 10.7 Å². The SMILES string of the molecule is CCn1ncnc1CC(O)c1cc(Br)c2c(c1)OCO2. The van der Waals surface area contributed by atoms with Gasteiger partial charge in [0.1, 0.15) is 12.2 Å². The molecule has 1 aromatic heterocycles. The molecule has 7 heteroatoms. The molecule has 1 N–H and O–H groups in total. The lowest BCUT2D eigenvalue weighted by molar-refractivity contribution is 0.169. The number of rotatable bonds is 4. The van der Waals surface area contributed by atoms with Crippen LogP contribution in [-0.4, -0.2) is 26.7 Å². The number of aliphatic hydroxyl groups is 1. The highest BCUT2D eigenvalue weighted by Gasteiger charge is 2.21. The van der Waals surface area contributed by atoms with Crippen molar-refractivity contribution >= 4 is 15.9 Å². The molecular formula is C13H14BrN3O3. The Labute approximate surface area is 124 Å². The molecule has 20 heavy (non-hydrogen) atoms. The van der Waals surface area contributed by atoms with E-state index >= 15 is 0 Å². The zero-order chi connectivity index (χ0) is 14.1. The summed E-state index contributed by atoms with van der Waals surface area (Å²) in [5, 5.41) is 14.5. The van der Waals surface area contributed by atoms with Crippen molar-refractivity contribution in [3.63, 3.8) is 0 Å². The number of hydrogen-bond donors (Lipinski definition) is 1. The predicted molar refractivity (Wildman–Crippen MR) is 74.6 cm³/mol. The fourth-order valence-electron chi connectivity index (χ4n) is 2.18. The van der Waals surface area contributed by atoms with E-state index in [4.69, 9.17) is 9.47 Å². The van der Waals surface area contributed by atoms with E-state index in [0.29, 0.717) is 17.9 Å². The lowest BCUT2D eigenvalue weighted by atomic mass is 10.1. The van der Waals surface area contributed by atoms with E-state index < -0.39 is 6.10 Å². The lowest BCUT2D eigenvalue weighted by Gasteiger charge is -2.12. The summed E-state index contributed by atoms with van der Waals surface area (Å²) in [6.45, 7) is 2.92. The van der Waals surface area contributed by atoms with Gasteiger partial charge in [-0.1, -0.05) is 0 Å². The first-order chi connectivity index (χ1) is 9.69. The van der Waals surface area contributed by atoms with Crippen LogP contribution in [0.15, 0.2) is 22.9 Å². The second kappa shape index (κ2) is 5.41. The molecule has 1 aromatic carbocycles. The number of halogens is 1. The first-order valence-electron chi connectivity index (χ1n) is 6.32. The molecule has 1 aliphatic heterocycles. The molecule has 0 fully saturated rings. The van der Waals surface area contributed by atoms with Crippen LogP contribution in [0.25, 0.3) is 0 Å². The highest BCUT2D eigenvalue weighted by Crippen LogP contribution is 2.41. The summed E-state index contributed by atoms with van der Waals surface area (Å²) >= 11 is 3.42. The van der Waals surface area contributed by atoms with Gasteiger partial charge in [0.2, 0.25) is 6.79 Å². The lowest BCUT2D eigenvalue weighted by Crippen LogP contribution is -2.09. The summed E-state index contributed by atoms with van der Waals surface area (Å²) in [5.74, 6) is 2.08. The minimum Gasteiger partial charge on any atom is -0.454 e. The zero-order valence-electron chi connectivity index (χ0n) is 10.9. The molecule has 0 aliphatic carbocycles. The van der Waals surface area contributed by atoms with Crippen molar-refractivity contribution < 1.29 is 14.6 Å². The molecule has 0 saturated heterocycles. The van der Waals surface area contributed by atoms with Crippen LogP contribution in [0.2, 0.25) is 0 Å². The molecule has 0 saturated carbocycles. The van der Waals surface area contributed by atoms with Crippen molar-refractivity contribution in [2.24, 2.45) is 0 Å². The van der Waals surface area contributed by atoms with Crippen molar-refractivity contribution in [3.05, 3.63) is 34.3 Å². The maximum atomic E-state index is 10.4. The molecule has 1 unspecified atom stereocenters. The van der Waals surface area contributed by atoms with E-state index in [1.165, 1.54) is 6.33 Å². The largest absolute Gasteiger partial charge is 0.454 e. The average Bonchev–Trinajstić information content (AvgIpc) is 3.06. The second-order valence-electron chi connectivity index (χ2n) is 4.45. The Balaban J connectivity index is 1.84. The summed E-state index contributed by atoms with van der Waals surface area (Å²) < 4.78 is 13.2. The van der Waals surface area contributed by atoms with Crippen LogP contribution >= 0.6 is 15.9 Å². The van der Waals surface area contributed by atoms with E-state index in [2.05, 4.69) is 26.0 Å². The number of aryl methyl sites for hydroxylation is 1. The molecule has 2 aromatic rings. The molecule has 0 radical (unpaired) electrons. The summed E-state index contributed by atoms with van der Waals surface area (Å²) in [6, 6.07) is 3.63. The van der Waals surface area contributed by atoms with Gasteiger partial charge >= 0.3 is 0 Å². The maximum absolute atomic E-state index is 10.4. The molecule has 0 spiro atoms. The van der Waals surface area contributed by atoms with Crippen LogP contribution in [0.5, 0.6) is 11.5 Å². The molecule has 3 rings (SSSR count). The smallest absolute Gasteiger partial charge is 0.231 e. The van der Waals surface area contributed by atoms with Gasteiger partial charge in [-0.15, -0.1) is 0 Å². The van der Waals surface area contributed by atoms with E-state index in [0.717, 1.165) is 22.4 Å². The third-order valence-corrected chi connectivity index (χ3v) is 3.79. The molecule has 0 bridgehead atoms. The second-order valence-corrected chi connectivity index (χ2v) is 5.30. The number of nitrogens with zero attached hydrogens (tertiary/aromatic N) is 3. The third kappa shape index (κ3) is 2.38. The minimum absolute atomic E-state index is 0.206. The normalized spacial score (nSPS) is 14.6. The molecule has 6 nitrogen and oxygen atoms in total. The standard InChI is InChI=1S/C13H14BrN3O3/c1-2-17-12(15-6-16-17)5-10(18)8-3-9(14)13-11(4-8)19-7-20-13/h3-4,6,10,18H,2,5,7H2,1H3. The average molecular weight is 340 g/mol. The van der Waals surface area contributed by atoms with E-state index in [9.17, 15) is 5.11 Å². The van der Waals surface area contributed by atoms with Crippen LogP contribution in [-0.2, 0) is 13.0 Å². The molecule has 0 amide bonds. The van der Waals surface area contributed by atoms with Crippen LogP contribution in [0.4, 0.5) is 0 Å². The predicted octanol–water partition coefficient (Wildman–Crippen LogP) is 2.07. The van der Waals surface area contributed by atoms with Gasteiger partial charge in [-0.05, 0) is 40.5 Å². The fourth-order valence-corrected chi connectivity index (χ4v) is 2.76. The number of hydrogen-bond acceptors (Lipinski definition) is 5. The first kappa shape index (κ1) is 13.4. The number of ether oxygens (including phenoxy) is 2. The van der Waals surface area contributed by atoms with Gasteiger partial charge < -0.3 is 14.6 Å². The highest BCUT2D eigenvalue weighted by atomic mass is 79.9. The Kier molecular flexibility index (Phi) is 3.62. The number of benzene rings is 1. The highest BCUT2D eigenvalue weighted by molar-refractivity contribution is 9.10. The quantitative estimate of drug-likeness (QED) is 0.923. The van der Waals surface area contributed by atoms with E-state index in [1.807, 2.05) is 13.0 Å². The monoisotopic (exact) mass is 339 g/mol. The minimum atomic E-state index is -0.671. The van der Waals surface area contributed by atoms with Gasteiger partial charge in [-0.3, -0.25) is 4.68 Å². The van der Waals surface area contributed by atoms with Crippen LogP contribution < -0.4 is 9.47 Å². The van der Waals surface area contributed by atoms with Crippen molar-refractivity contribution in [2.45, 2.75) is 26.0 Å². The Morgan fingerprint density at radius 2 is 2.30 bits per heavy atom. The molecule has 106 valence electrons. The van der Waals surface area contributed by atoms with Crippen molar-refractivity contribution in [3.8, 4) is 11.5 Å².